The number of halogens is 4. The molecule has 0 aliphatic rings. The number of benzene rings is 2. The Labute approximate surface area is 140 Å². The van der Waals surface area contributed by atoms with Crippen LogP contribution >= 0.6 is 46.6 Å². The highest BCUT2D eigenvalue weighted by molar-refractivity contribution is 8.00. The minimum atomic E-state index is -0.363. The highest BCUT2D eigenvalue weighted by atomic mass is 35.5. The third-order valence-corrected chi connectivity index (χ3v) is 4.33. The van der Waals surface area contributed by atoms with Gasteiger partial charge < -0.3 is 5.32 Å². The number of carbonyl (C=O) groups excluding carboxylic acids is 1. The van der Waals surface area contributed by atoms with Crippen molar-refractivity contribution >= 4 is 58.2 Å². The van der Waals surface area contributed by atoms with E-state index in [9.17, 15) is 9.18 Å². The smallest absolute Gasteiger partial charge is 0.234 e. The minimum Gasteiger partial charge on any atom is -0.323 e. The molecular weight excluding hydrogens is 356 g/mol. The monoisotopic (exact) mass is 363 g/mol. The van der Waals surface area contributed by atoms with Crippen LogP contribution in [0.2, 0.25) is 15.1 Å². The van der Waals surface area contributed by atoms with Gasteiger partial charge >= 0.3 is 0 Å². The molecule has 0 saturated carbocycles. The van der Waals surface area contributed by atoms with Gasteiger partial charge in [-0.05, 0) is 24.3 Å². The van der Waals surface area contributed by atoms with Crippen molar-refractivity contribution in [3.63, 3.8) is 0 Å². The molecule has 0 fully saturated rings. The maximum atomic E-state index is 13.4. The van der Waals surface area contributed by atoms with E-state index in [0.717, 1.165) is 11.8 Å². The van der Waals surface area contributed by atoms with Gasteiger partial charge in [-0.1, -0.05) is 46.9 Å². The summed E-state index contributed by atoms with van der Waals surface area (Å²) >= 11 is 18.8. The van der Waals surface area contributed by atoms with Gasteiger partial charge in [0.2, 0.25) is 5.91 Å². The number of carbonyl (C=O) groups is 1. The number of hydrogen-bond donors (Lipinski definition) is 1. The van der Waals surface area contributed by atoms with Crippen LogP contribution in [0.25, 0.3) is 0 Å². The summed E-state index contributed by atoms with van der Waals surface area (Å²) in [7, 11) is 0. The van der Waals surface area contributed by atoms with E-state index in [-0.39, 0.29) is 27.5 Å². The number of hydrogen-bond acceptors (Lipinski definition) is 2. The van der Waals surface area contributed by atoms with Gasteiger partial charge in [0.25, 0.3) is 0 Å². The zero-order valence-electron chi connectivity index (χ0n) is 10.5. The van der Waals surface area contributed by atoms with Gasteiger partial charge in [0.15, 0.2) is 0 Å². The molecule has 110 valence electrons. The van der Waals surface area contributed by atoms with Crippen molar-refractivity contribution in [1.82, 2.24) is 0 Å². The Balaban J connectivity index is 2.01. The third kappa shape index (κ3) is 4.51. The molecule has 0 unspecified atom stereocenters. The second-order valence-corrected chi connectivity index (χ2v) is 6.28. The lowest BCUT2D eigenvalue weighted by Crippen LogP contribution is -2.14. The fourth-order valence-corrected chi connectivity index (χ4v) is 3.19. The Bertz CT molecular complexity index is 658. The number of anilines is 1. The topological polar surface area (TPSA) is 29.1 Å². The molecule has 7 heteroatoms. The van der Waals surface area contributed by atoms with E-state index in [4.69, 9.17) is 34.8 Å². The molecule has 0 spiro atoms. The number of amides is 1. The van der Waals surface area contributed by atoms with Crippen LogP contribution in [-0.2, 0) is 4.79 Å². The summed E-state index contributed by atoms with van der Waals surface area (Å²) in [5, 5.41) is 3.46. The van der Waals surface area contributed by atoms with Crippen LogP contribution < -0.4 is 5.32 Å². The highest BCUT2D eigenvalue weighted by Gasteiger charge is 2.12. The highest BCUT2D eigenvalue weighted by Crippen LogP contribution is 2.33. The first-order chi connectivity index (χ1) is 9.97. The normalized spacial score (nSPS) is 10.5. The van der Waals surface area contributed by atoms with Crippen LogP contribution in [0, 0.1) is 5.82 Å². The van der Waals surface area contributed by atoms with Gasteiger partial charge in [-0.2, -0.15) is 0 Å². The molecule has 2 nitrogen and oxygen atoms in total. The van der Waals surface area contributed by atoms with E-state index >= 15 is 0 Å². The number of thioether (sulfide) groups is 1. The van der Waals surface area contributed by atoms with Gasteiger partial charge in [-0.25, -0.2) is 4.39 Å². The first-order valence-corrected chi connectivity index (χ1v) is 7.91. The van der Waals surface area contributed by atoms with E-state index in [1.807, 2.05) is 0 Å². The molecule has 21 heavy (non-hydrogen) atoms. The Morgan fingerprint density at radius 2 is 1.76 bits per heavy atom. The summed E-state index contributed by atoms with van der Waals surface area (Å²) in [6.45, 7) is 0. The van der Waals surface area contributed by atoms with Gasteiger partial charge in [0, 0.05) is 9.92 Å². The van der Waals surface area contributed by atoms with E-state index in [1.165, 1.54) is 18.2 Å². The second-order valence-electron chi connectivity index (χ2n) is 4.01. The predicted octanol–water partition coefficient (Wildman–Crippen LogP) is 5.52. The molecule has 1 amide bonds. The van der Waals surface area contributed by atoms with E-state index in [2.05, 4.69) is 5.32 Å². The maximum absolute atomic E-state index is 13.4. The summed E-state index contributed by atoms with van der Waals surface area (Å²) in [6.07, 6.45) is 0. The third-order valence-electron chi connectivity index (χ3n) is 2.47. The summed E-state index contributed by atoms with van der Waals surface area (Å²) in [5.74, 6) is -0.664. The Hall–Kier alpha value is -0.940. The average Bonchev–Trinajstić information content (AvgIpc) is 2.42. The van der Waals surface area contributed by atoms with Crippen molar-refractivity contribution in [2.75, 3.05) is 11.1 Å². The second kappa shape index (κ2) is 7.36. The summed E-state index contributed by atoms with van der Waals surface area (Å²) in [6, 6.07) is 9.20. The standard InChI is InChI=1S/C14H9Cl3FNOS/c15-8-5-9(16)14(10(17)6-8)19-13(20)7-21-12-4-2-1-3-11(12)18/h1-6H,7H2,(H,19,20). The molecule has 0 radical (unpaired) electrons. The fraction of sp³-hybridized carbons (Fsp3) is 0.0714. The molecule has 0 saturated heterocycles. The SMILES string of the molecule is O=C(CSc1ccccc1F)Nc1c(Cl)cc(Cl)cc1Cl. The fourth-order valence-electron chi connectivity index (χ4n) is 1.54. The van der Waals surface area contributed by atoms with E-state index in [1.54, 1.807) is 18.2 Å². The zero-order chi connectivity index (χ0) is 15.4. The molecule has 0 atom stereocenters. The maximum Gasteiger partial charge on any atom is 0.234 e. The predicted molar refractivity (Wildman–Crippen MR) is 87.2 cm³/mol. The minimum absolute atomic E-state index is 0.0379. The van der Waals surface area contributed by atoms with Crippen molar-refractivity contribution in [2.45, 2.75) is 4.90 Å². The van der Waals surface area contributed by atoms with Crippen molar-refractivity contribution in [1.29, 1.82) is 0 Å². The van der Waals surface area contributed by atoms with E-state index < -0.39 is 0 Å². The number of nitrogens with one attached hydrogen (secondary N) is 1. The van der Waals surface area contributed by atoms with Crippen LogP contribution in [0.4, 0.5) is 10.1 Å². The van der Waals surface area contributed by atoms with E-state index in [0.29, 0.717) is 15.6 Å². The number of rotatable bonds is 4. The first kappa shape index (κ1) is 16.4. The molecule has 0 aromatic heterocycles. The van der Waals surface area contributed by atoms with Crippen molar-refractivity contribution in [3.8, 4) is 0 Å². The Kier molecular flexibility index (Phi) is 5.76. The van der Waals surface area contributed by atoms with Crippen molar-refractivity contribution in [3.05, 3.63) is 57.3 Å². The summed E-state index contributed by atoms with van der Waals surface area (Å²) in [5.41, 5.74) is 0.293. The Morgan fingerprint density at radius 3 is 2.38 bits per heavy atom. The summed E-state index contributed by atoms with van der Waals surface area (Å²) < 4.78 is 13.4. The average molecular weight is 365 g/mol. The summed E-state index contributed by atoms with van der Waals surface area (Å²) in [4.78, 5) is 12.3. The van der Waals surface area contributed by atoms with Gasteiger partial charge in [-0.15, -0.1) is 11.8 Å². The van der Waals surface area contributed by atoms with Gasteiger partial charge in [-0.3, -0.25) is 4.79 Å². The first-order valence-electron chi connectivity index (χ1n) is 5.79. The van der Waals surface area contributed by atoms with Gasteiger partial charge in [0.05, 0.1) is 21.5 Å². The molecule has 1 N–H and O–H groups in total. The van der Waals surface area contributed by atoms with Crippen LogP contribution in [0.15, 0.2) is 41.3 Å². The van der Waals surface area contributed by atoms with Crippen LogP contribution in [0.1, 0.15) is 0 Å². The zero-order valence-corrected chi connectivity index (χ0v) is 13.6. The van der Waals surface area contributed by atoms with Gasteiger partial charge in [0.1, 0.15) is 5.82 Å². The quantitative estimate of drug-likeness (QED) is 0.724. The molecule has 0 bridgehead atoms. The molecule has 0 heterocycles. The van der Waals surface area contributed by atoms with Crippen molar-refractivity contribution in [2.24, 2.45) is 0 Å². The lowest BCUT2D eigenvalue weighted by Gasteiger charge is -2.10. The van der Waals surface area contributed by atoms with Crippen LogP contribution in [0.5, 0.6) is 0 Å². The largest absolute Gasteiger partial charge is 0.323 e. The molecule has 2 aromatic carbocycles. The molecular formula is C14H9Cl3FNOS. The Morgan fingerprint density at radius 1 is 1.14 bits per heavy atom. The molecule has 2 aromatic rings. The van der Waals surface area contributed by atoms with Crippen molar-refractivity contribution < 1.29 is 9.18 Å². The van der Waals surface area contributed by atoms with Crippen LogP contribution in [0.3, 0.4) is 0 Å². The molecule has 0 aliphatic heterocycles. The molecule has 0 aliphatic carbocycles. The van der Waals surface area contributed by atoms with Crippen LogP contribution in [-0.4, -0.2) is 11.7 Å². The lowest BCUT2D eigenvalue weighted by atomic mass is 10.3. The lowest BCUT2D eigenvalue weighted by molar-refractivity contribution is -0.113. The molecule has 2 rings (SSSR count).